The predicted octanol–water partition coefficient (Wildman–Crippen LogP) is 1.57. The first kappa shape index (κ1) is 15.1. The van der Waals surface area contributed by atoms with Crippen molar-refractivity contribution in [2.24, 2.45) is 13.0 Å². The van der Waals surface area contributed by atoms with Crippen LogP contribution in [0.5, 0.6) is 0 Å². The van der Waals surface area contributed by atoms with Crippen LogP contribution in [0.1, 0.15) is 62.5 Å². The molecule has 6 heteroatoms. The van der Waals surface area contributed by atoms with Crippen LogP contribution in [-0.2, 0) is 18.4 Å². The summed E-state index contributed by atoms with van der Waals surface area (Å²) in [6, 6.07) is 0.548. The van der Waals surface area contributed by atoms with Gasteiger partial charge in [0.2, 0.25) is 5.91 Å². The molecule has 3 fully saturated rings. The second kappa shape index (κ2) is 5.89. The Labute approximate surface area is 137 Å². The van der Waals surface area contributed by atoms with E-state index in [1.165, 1.54) is 38.5 Å². The van der Waals surface area contributed by atoms with E-state index in [-0.39, 0.29) is 11.9 Å². The first-order chi connectivity index (χ1) is 11.1. The molecule has 3 atom stereocenters. The van der Waals surface area contributed by atoms with Gasteiger partial charge in [0.25, 0.3) is 0 Å². The van der Waals surface area contributed by atoms with Gasteiger partial charge in [-0.3, -0.25) is 4.79 Å². The fraction of sp³-hybridized carbons (Fsp3) is 0.824. The summed E-state index contributed by atoms with van der Waals surface area (Å²) in [4.78, 5) is 14.6. The second-order valence-electron chi connectivity index (χ2n) is 7.61. The van der Waals surface area contributed by atoms with Crippen LogP contribution in [0.25, 0.3) is 0 Å². The van der Waals surface area contributed by atoms with E-state index in [0.717, 1.165) is 18.1 Å². The van der Waals surface area contributed by atoms with Crippen LogP contribution in [0.15, 0.2) is 0 Å². The Kier molecular flexibility index (Phi) is 3.87. The Hall–Kier alpha value is -1.43. The summed E-state index contributed by atoms with van der Waals surface area (Å²) < 4.78 is 2.07. The normalized spacial score (nSPS) is 30.3. The molecule has 1 aromatic rings. The summed E-state index contributed by atoms with van der Waals surface area (Å²) in [5.74, 6) is 3.45. The number of likely N-dealkylation sites (N-methyl/N-ethyl adjacent to an activating group) is 1. The van der Waals surface area contributed by atoms with Crippen molar-refractivity contribution in [3.63, 3.8) is 0 Å². The monoisotopic (exact) mass is 317 g/mol. The highest BCUT2D eigenvalue weighted by atomic mass is 16.2. The van der Waals surface area contributed by atoms with Crippen molar-refractivity contribution in [3.8, 4) is 0 Å². The number of hydrogen-bond donors (Lipinski definition) is 1. The number of rotatable bonds is 4. The number of nitrogens with zero attached hydrogens (tertiary/aromatic N) is 4. The molecular formula is C17H27N5O. The van der Waals surface area contributed by atoms with E-state index in [1.54, 1.807) is 0 Å². The van der Waals surface area contributed by atoms with Crippen molar-refractivity contribution in [1.29, 1.82) is 0 Å². The Morgan fingerprint density at radius 1 is 1.26 bits per heavy atom. The van der Waals surface area contributed by atoms with Crippen molar-refractivity contribution in [3.05, 3.63) is 11.6 Å². The molecular weight excluding hydrogens is 290 g/mol. The van der Waals surface area contributed by atoms with Crippen molar-refractivity contribution in [1.82, 2.24) is 25.0 Å². The van der Waals surface area contributed by atoms with Crippen molar-refractivity contribution < 1.29 is 4.79 Å². The number of carbonyl (C=O) groups is 1. The highest BCUT2D eigenvalue weighted by Crippen LogP contribution is 2.39. The maximum Gasteiger partial charge on any atom is 0.239 e. The maximum absolute atomic E-state index is 12.8. The van der Waals surface area contributed by atoms with E-state index in [0.29, 0.717) is 24.4 Å². The molecule has 0 spiro atoms. The van der Waals surface area contributed by atoms with Crippen molar-refractivity contribution in [2.45, 2.75) is 69.5 Å². The van der Waals surface area contributed by atoms with E-state index in [2.05, 4.69) is 20.1 Å². The van der Waals surface area contributed by atoms with Crippen LogP contribution < -0.4 is 5.32 Å². The van der Waals surface area contributed by atoms with E-state index < -0.39 is 0 Å². The largest absolute Gasteiger partial charge is 0.337 e. The molecule has 126 valence electrons. The highest BCUT2D eigenvalue weighted by molar-refractivity contribution is 5.82. The number of fused-ring (bicyclic) bond motifs is 1. The van der Waals surface area contributed by atoms with Gasteiger partial charge in [0.1, 0.15) is 5.82 Å². The first-order valence-electron chi connectivity index (χ1n) is 9.02. The number of amides is 1. The van der Waals surface area contributed by atoms with Gasteiger partial charge in [-0.05, 0) is 38.0 Å². The predicted molar refractivity (Wildman–Crippen MR) is 86.7 cm³/mol. The van der Waals surface area contributed by atoms with Crippen molar-refractivity contribution in [2.75, 3.05) is 7.05 Å². The molecule has 0 bridgehead atoms. The minimum absolute atomic E-state index is 0.00997. The van der Waals surface area contributed by atoms with Crippen LogP contribution in [-0.4, -0.2) is 44.7 Å². The minimum Gasteiger partial charge on any atom is -0.337 e. The summed E-state index contributed by atoms with van der Waals surface area (Å²) >= 11 is 0. The lowest BCUT2D eigenvalue weighted by atomic mass is 9.85. The quantitative estimate of drug-likeness (QED) is 0.915. The molecule has 1 aromatic heterocycles. The summed E-state index contributed by atoms with van der Waals surface area (Å²) in [6.07, 6.45) is 8.56. The van der Waals surface area contributed by atoms with Gasteiger partial charge in [0, 0.05) is 26.1 Å². The van der Waals surface area contributed by atoms with Crippen LogP contribution in [0.4, 0.5) is 0 Å². The van der Waals surface area contributed by atoms with E-state index in [4.69, 9.17) is 0 Å². The molecule has 4 rings (SSSR count). The smallest absolute Gasteiger partial charge is 0.239 e. The van der Waals surface area contributed by atoms with E-state index >= 15 is 0 Å². The SMILES string of the molecule is CN(Cc1nnc(C2CC2)n1C)C(=O)[C@@H]1C[C@@H]2CCCC[C@H]2N1. The Bertz CT molecular complexity index is 580. The molecule has 23 heavy (non-hydrogen) atoms. The number of aromatic nitrogens is 3. The van der Waals surface area contributed by atoms with Crippen LogP contribution in [0.3, 0.4) is 0 Å². The minimum atomic E-state index is -0.00997. The molecule has 0 radical (unpaired) electrons. The molecule has 3 aliphatic rings. The lowest BCUT2D eigenvalue weighted by molar-refractivity contribution is -0.132. The summed E-state index contributed by atoms with van der Waals surface area (Å²) in [5.41, 5.74) is 0. The number of carbonyl (C=O) groups excluding carboxylic acids is 1. The molecule has 6 nitrogen and oxygen atoms in total. The van der Waals surface area contributed by atoms with Gasteiger partial charge in [-0.25, -0.2) is 0 Å². The Morgan fingerprint density at radius 2 is 2.04 bits per heavy atom. The van der Waals surface area contributed by atoms with Gasteiger partial charge >= 0.3 is 0 Å². The standard InChI is InChI=1S/C17H27N5O/c1-21(10-15-19-20-16(22(15)2)11-7-8-11)17(23)14-9-12-5-3-4-6-13(12)18-14/h11-14,18H,3-10H2,1-2H3/t12-,13+,14-/m0/s1. The molecule has 2 saturated carbocycles. The maximum atomic E-state index is 12.8. The fourth-order valence-corrected chi connectivity index (χ4v) is 4.28. The summed E-state index contributed by atoms with van der Waals surface area (Å²) in [6.45, 7) is 0.544. The molecule has 1 N–H and O–H groups in total. The molecule has 1 amide bonds. The zero-order valence-electron chi connectivity index (χ0n) is 14.2. The average molecular weight is 317 g/mol. The van der Waals surface area contributed by atoms with Crippen LogP contribution in [0, 0.1) is 5.92 Å². The molecule has 0 unspecified atom stereocenters. The van der Waals surface area contributed by atoms with E-state index in [1.807, 2.05) is 19.0 Å². The highest BCUT2D eigenvalue weighted by Gasteiger charge is 2.39. The van der Waals surface area contributed by atoms with Gasteiger partial charge in [-0.15, -0.1) is 10.2 Å². The zero-order valence-corrected chi connectivity index (χ0v) is 14.2. The van der Waals surface area contributed by atoms with Gasteiger partial charge in [-0.1, -0.05) is 12.8 Å². The number of hydrogen-bond acceptors (Lipinski definition) is 4. The van der Waals surface area contributed by atoms with Gasteiger partial charge in [0.15, 0.2) is 5.82 Å². The molecule has 2 aliphatic carbocycles. The molecule has 1 aliphatic heterocycles. The summed E-state index contributed by atoms with van der Waals surface area (Å²) in [5, 5.41) is 12.2. The third-order valence-corrected chi connectivity index (χ3v) is 5.86. The van der Waals surface area contributed by atoms with Gasteiger partial charge in [0.05, 0.1) is 12.6 Å². The number of nitrogens with one attached hydrogen (secondary N) is 1. The fourth-order valence-electron chi connectivity index (χ4n) is 4.28. The zero-order chi connectivity index (χ0) is 16.0. The molecule has 0 aromatic carbocycles. The first-order valence-corrected chi connectivity index (χ1v) is 9.02. The Balaban J connectivity index is 1.38. The van der Waals surface area contributed by atoms with Crippen LogP contribution in [0.2, 0.25) is 0 Å². The second-order valence-corrected chi connectivity index (χ2v) is 7.61. The van der Waals surface area contributed by atoms with Crippen LogP contribution >= 0.6 is 0 Å². The molecule has 1 saturated heterocycles. The topological polar surface area (TPSA) is 63.1 Å². The van der Waals surface area contributed by atoms with E-state index in [9.17, 15) is 4.79 Å². The van der Waals surface area contributed by atoms with Gasteiger partial charge in [-0.2, -0.15) is 0 Å². The lowest BCUT2D eigenvalue weighted by Gasteiger charge is -2.24. The average Bonchev–Trinajstić information content (AvgIpc) is 3.20. The third-order valence-electron chi connectivity index (χ3n) is 5.86. The van der Waals surface area contributed by atoms with Gasteiger partial charge < -0.3 is 14.8 Å². The van der Waals surface area contributed by atoms with Crippen molar-refractivity contribution >= 4 is 5.91 Å². The molecule has 2 heterocycles. The third kappa shape index (κ3) is 2.89. The summed E-state index contributed by atoms with van der Waals surface area (Å²) in [7, 11) is 3.90. The lowest BCUT2D eigenvalue weighted by Crippen LogP contribution is -2.44. The Morgan fingerprint density at radius 3 is 2.78 bits per heavy atom.